The van der Waals surface area contributed by atoms with Gasteiger partial charge in [-0.25, -0.2) is 16.8 Å². The van der Waals surface area contributed by atoms with Crippen molar-refractivity contribution in [2.75, 3.05) is 43.7 Å². The van der Waals surface area contributed by atoms with E-state index in [2.05, 4.69) is 40.5 Å². The molecule has 0 aliphatic rings. The summed E-state index contributed by atoms with van der Waals surface area (Å²) in [7, 11) is -7.78. The van der Waals surface area contributed by atoms with Crippen molar-refractivity contribution in [3.8, 4) is 34.8 Å². The third-order valence-corrected chi connectivity index (χ3v) is 8.15. The molecule has 4 rings (SSSR count). The van der Waals surface area contributed by atoms with Gasteiger partial charge < -0.3 is 45.2 Å². The van der Waals surface area contributed by atoms with E-state index in [-0.39, 0.29) is 136 Å². The Morgan fingerprint density at radius 2 is 1.22 bits per heavy atom. The Balaban J connectivity index is 0.00000451. The van der Waals surface area contributed by atoms with E-state index in [0.717, 1.165) is 24.3 Å². The van der Waals surface area contributed by atoms with Gasteiger partial charge in [0, 0.05) is 35.5 Å². The van der Waals surface area contributed by atoms with Crippen molar-refractivity contribution in [2.45, 2.75) is 35.8 Å². The van der Waals surface area contributed by atoms with Crippen LogP contribution in [0.4, 0.5) is 17.6 Å². The molecule has 2 aromatic carbocycles. The minimum absolute atomic E-state index is 0. The second-order valence-corrected chi connectivity index (χ2v) is 13.1. The Morgan fingerprint density at radius 3 is 1.67 bits per heavy atom. The third-order valence-electron chi connectivity index (χ3n) is 6.38. The summed E-state index contributed by atoms with van der Waals surface area (Å²) in [4.78, 5) is 23.1. The molecule has 262 valence electrons. The fourth-order valence-corrected chi connectivity index (χ4v) is 5.58. The average molecular weight is 764 g/mol. The molecular weight excluding hydrogens is 732 g/mol. The van der Waals surface area contributed by atoms with Gasteiger partial charge in [0.1, 0.15) is 20.2 Å². The maximum Gasteiger partial charge on any atom is 1.00 e. The van der Waals surface area contributed by atoms with Crippen molar-refractivity contribution < 1.29 is 105 Å². The van der Waals surface area contributed by atoms with Crippen molar-refractivity contribution >= 4 is 50.0 Å². The Morgan fingerprint density at radius 1 is 0.745 bits per heavy atom. The normalized spacial score (nSPS) is 12.7. The van der Waals surface area contributed by atoms with Gasteiger partial charge >= 0.3 is 71.1 Å². The van der Waals surface area contributed by atoms with E-state index in [0.29, 0.717) is 0 Å². The number of nitrogen functional groups attached to an aromatic ring is 1. The van der Waals surface area contributed by atoms with E-state index in [1.54, 1.807) is 0 Å². The molecule has 0 fully saturated rings. The van der Waals surface area contributed by atoms with Gasteiger partial charge in [-0.05, 0) is 37.6 Å². The number of aliphatic hydroxyl groups excluding tert-OH is 2. The van der Waals surface area contributed by atoms with Crippen LogP contribution in [0.25, 0.3) is 34.9 Å². The molecule has 0 saturated carbocycles. The summed E-state index contributed by atoms with van der Waals surface area (Å²) < 4.78 is 84.4. The van der Waals surface area contributed by atoms with Crippen LogP contribution in [0.1, 0.15) is 25.0 Å². The number of hydrogen-bond donors (Lipinski definition) is 5. The van der Waals surface area contributed by atoms with E-state index in [1.165, 1.54) is 46.3 Å². The second-order valence-electron chi connectivity index (χ2n) is 10.4. The van der Waals surface area contributed by atoms with E-state index in [1.807, 2.05) is 0 Å². The minimum atomic E-state index is -5.21. The number of hydrogen-bond acceptors (Lipinski definition) is 19. The van der Waals surface area contributed by atoms with Crippen LogP contribution >= 0.6 is 0 Å². The van der Waals surface area contributed by atoms with Gasteiger partial charge in [0.2, 0.25) is 11.9 Å². The summed E-state index contributed by atoms with van der Waals surface area (Å²) in [5.41, 5.74) is 5.54. The number of nitrogens with two attached hydrogens (primary N) is 1. The number of ether oxygens (including phenoxy) is 2. The van der Waals surface area contributed by atoms with Gasteiger partial charge in [0.15, 0.2) is 11.6 Å². The van der Waals surface area contributed by atoms with Gasteiger partial charge in [-0.15, -0.1) is 0 Å². The van der Waals surface area contributed by atoms with E-state index in [9.17, 15) is 36.2 Å². The molecule has 0 aliphatic heterocycles. The third kappa shape index (κ3) is 12.0. The number of rotatable bonds is 14. The number of aromatic nitrogens is 6. The predicted octanol–water partition coefficient (Wildman–Crippen LogP) is -5.44. The molecule has 19 nitrogen and oxygen atoms in total. The molecular formula is C28H31N9Na2O10S2. The van der Waals surface area contributed by atoms with Gasteiger partial charge in [0.05, 0.1) is 36.2 Å². The number of aliphatic hydroxyl groups is 2. The van der Waals surface area contributed by atoms with Crippen LogP contribution in [0.2, 0.25) is 0 Å². The maximum absolute atomic E-state index is 12.4. The number of methoxy groups -OCH3 is 2. The Labute approximate surface area is 337 Å². The summed E-state index contributed by atoms with van der Waals surface area (Å²) >= 11 is 0. The van der Waals surface area contributed by atoms with E-state index in [4.69, 9.17) is 15.2 Å². The summed E-state index contributed by atoms with van der Waals surface area (Å²) in [6, 6.07) is 5.57. The molecule has 23 heteroatoms. The topological polar surface area (TPSA) is 301 Å². The van der Waals surface area contributed by atoms with Crippen molar-refractivity contribution in [1.29, 1.82) is 0 Å². The zero-order valence-corrected chi connectivity index (χ0v) is 34.0. The van der Waals surface area contributed by atoms with Crippen LogP contribution in [0, 0.1) is 0 Å². The molecule has 0 amide bonds. The minimum Gasteiger partial charge on any atom is -0.744 e. The van der Waals surface area contributed by atoms with Crippen LogP contribution in [0.15, 0.2) is 40.1 Å². The molecule has 6 N–H and O–H groups in total. The summed E-state index contributed by atoms with van der Waals surface area (Å²) in [6.07, 6.45) is 0.659. The fraction of sp³-hybridized carbons (Fsp3) is 0.286. The molecule has 0 radical (unpaired) electrons. The first-order valence-electron chi connectivity index (χ1n) is 14.1. The van der Waals surface area contributed by atoms with Crippen molar-refractivity contribution in [1.82, 2.24) is 29.9 Å². The predicted molar refractivity (Wildman–Crippen MR) is 173 cm³/mol. The summed E-state index contributed by atoms with van der Waals surface area (Å²) in [5.74, 6) is -0.207. The zero-order valence-electron chi connectivity index (χ0n) is 28.3. The first-order chi connectivity index (χ1) is 23.0. The number of nitrogens with one attached hydrogen (secondary N) is 2. The fourth-order valence-electron chi connectivity index (χ4n) is 4.15. The smallest absolute Gasteiger partial charge is 0.744 e. The largest absolute Gasteiger partial charge is 1.00 e. The molecule has 51 heavy (non-hydrogen) atoms. The molecule has 2 atom stereocenters. The van der Waals surface area contributed by atoms with Crippen LogP contribution in [-0.2, 0) is 20.2 Å². The summed E-state index contributed by atoms with van der Waals surface area (Å²) in [5, 5.41) is 24.7. The Hall–Kier alpha value is -3.06. The number of benzene rings is 2. The second kappa shape index (κ2) is 18.6. The van der Waals surface area contributed by atoms with Crippen LogP contribution in [-0.4, -0.2) is 106 Å². The number of nitrogens with zero attached hydrogens (tertiary/aromatic N) is 6. The van der Waals surface area contributed by atoms with Gasteiger partial charge in [-0.2, -0.15) is 29.9 Å². The van der Waals surface area contributed by atoms with Gasteiger partial charge in [-0.1, -0.05) is 24.3 Å². The maximum atomic E-state index is 12.4. The van der Waals surface area contributed by atoms with Crippen LogP contribution in [0.5, 0.6) is 12.0 Å². The first kappa shape index (κ1) is 44.1. The molecule has 0 saturated heterocycles. The first-order valence-corrected chi connectivity index (χ1v) is 16.9. The SMILES string of the molecule is COc1nc(NCC(C)O)nc(-c2ccc(C=Cc3c(N)cc(-c4nc(NCC(C)O)nc(OC)n4)cc3S(=O)(=O)[O-])c(S(=O)(=O)[O-])c2)n1.[Na+].[Na+]. The molecule has 0 spiro atoms. The summed E-state index contributed by atoms with van der Waals surface area (Å²) in [6.45, 7) is 3.19. The Bertz CT molecular complexity index is 2110. The molecule has 2 aromatic heterocycles. The van der Waals surface area contributed by atoms with Gasteiger partial charge in [0.25, 0.3) is 0 Å². The molecule has 2 heterocycles. The standard InChI is InChI=1S/C28H33N9O10S2.2Na/c1-14(38)12-30-25-32-23(34-27(36-25)46-3)17-6-5-16(21(10-17)48(40,41)42)7-8-19-20(29)9-18(11-22(19)49(43,44)45)24-33-26(31-13-15(2)39)37-28(35-24)47-4;;/h5-11,14-15,38-39H,12-13,29H2,1-4H3,(H,40,41,42)(H,43,44,45)(H,30,32,34,36)(H,31,33,35,37);;/q;2*+1/p-2. The van der Waals surface area contributed by atoms with E-state index >= 15 is 0 Å². The van der Waals surface area contributed by atoms with Crippen molar-refractivity contribution in [2.24, 2.45) is 0 Å². The quantitative estimate of drug-likeness (QED) is 0.0346. The van der Waals surface area contributed by atoms with Gasteiger partial charge in [-0.3, -0.25) is 0 Å². The van der Waals surface area contributed by atoms with Crippen molar-refractivity contribution in [3.05, 3.63) is 41.5 Å². The Kier molecular flexibility index (Phi) is 16.1. The molecule has 0 aliphatic carbocycles. The van der Waals surface area contributed by atoms with E-state index < -0.39 is 42.2 Å². The molecule has 4 aromatic rings. The monoisotopic (exact) mass is 763 g/mol. The zero-order chi connectivity index (χ0) is 36.1. The van der Waals surface area contributed by atoms with Crippen molar-refractivity contribution in [3.63, 3.8) is 0 Å². The van der Waals surface area contributed by atoms with Crippen LogP contribution in [0.3, 0.4) is 0 Å². The average Bonchev–Trinajstić information content (AvgIpc) is 3.04. The number of anilines is 3. The van der Waals surface area contributed by atoms with Crippen LogP contribution < -0.4 is 85.0 Å². The molecule has 0 bridgehead atoms. The molecule has 2 unspecified atom stereocenters.